The van der Waals surface area contributed by atoms with Crippen LogP contribution in [0.15, 0.2) is 28.4 Å². The summed E-state index contributed by atoms with van der Waals surface area (Å²) in [7, 11) is 2.09. The van der Waals surface area contributed by atoms with E-state index in [0.717, 1.165) is 44.3 Å². The minimum Gasteiger partial charge on any atom is -0.380 e. The zero-order valence-corrected chi connectivity index (χ0v) is 12.9. The smallest absolute Gasteiger partial charge is 0.273 e. The summed E-state index contributed by atoms with van der Waals surface area (Å²) in [4.78, 5) is 18.1. The molecule has 2 fully saturated rings. The van der Waals surface area contributed by atoms with Gasteiger partial charge >= 0.3 is 0 Å². The minimum atomic E-state index is -1.11. The molecule has 0 aromatic heterocycles. The van der Waals surface area contributed by atoms with Crippen LogP contribution in [-0.2, 0) is 4.79 Å². The van der Waals surface area contributed by atoms with Crippen molar-refractivity contribution in [2.45, 2.75) is 37.8 Å². The highest BCUT2D eigenvalue weighted by Gasteiger charge is 2.43. The Hall–Kier alpha value is -1.79. The summed E-state index contributed by atoms with van der Waals surface area (Å²) in [5.74, 6) is 5.23. The van der Waals surface area contributed by atoms with E-state index in [4.69, 9.17) is 5.84 Å². The van der Waals surface area contributed by atoms with E-state index in [9.17, 15) is 9.90 Å². The van der Waals surface area contributed by atoms with Gasteiger partial charge < -0.3 is 15.8 Å². The number of nitrogens with one attached hydrogen (secondary N) is 1. The third kappa shape index (κ3) is 2.64. The SMILES string of the molecule is CN1CCC([NH+]=C2C(=O)C(O)C3=CCCC=C3C2=NN)CC1. The summed E-state index contributed by atoms with van der Waals surface area (Å²) < 4.78 is 0. The first kappa shape index (κ1) is 15.1. The van der Waals surface area contributed by atoms with E-state index in [1.165, 1.54) is 0 Å². The molecule has 1 saturated carbocycles. The standard InChI is InChI=1S/C16H22N4O2/c1-20-8-6-10(7-9-20)18-14-13(19-17)11-4-2-3-5-12(11)15(21)16(14)22/h4-5,10,15,21H,2-3,6-9,17H2,1H3/p+1. The van der Waals surface area contributed by atoms with E-state index >= 15 is 0 Å². The lowest BCUT2D eigenvalue weighted by molar-refractivity contribution is -0.505. The molecule has 1 heterocycles. The Morgan fingerprint density at radius 1 is 1.32 bits per heavy atom. The summed E-state index contributed by atoms with van der Waals surface area (Å²) in [6, 6.07) is 0.217. The third-order valence-corrected chi connectivity index (χ3v) is 4.67. The number of aliphatic hydroxyl groups is 1. The molecule has 0 bridgehead atoms. The Morgan fingerprint density at radius 3 is 2.68 bits per heavy atom. The van der Waals surface area contributed by atoms with Crippen molar-refractivity contribution in [2.24, 2.45) is 10.9 Å². The van der Waals surface area contributed by atoms with Gasteiger partial charge in [-0.25, -0.2) is 4.99 Å². The summed E-state index contributed by atoms with van der Waals surface area (Å²) >= 11 is 0. The van der Waals surface area contributed by atoms with Crippen LogP contribution < -0.4 is 10.8 Å². The van der Waals surface area contributed by atoms with E-state index in [1.807, 2.05) is 12.2 Å². The van der Waals surface area contributed by atoms with Crippen molar-refractivity contribution in [1.82, 2.24) is 4.90 Å². The van der Waals surface area contributed by atoms with Crippen LogP contribution in [0.2, 0.25) is 0 Å². The molecule has 4 N–H and O–H groups in total. The van der Waals surface area contributed by atoms with Gasteiger partial charge in [-0.3, -0.25) is 4.79 Å². The van der Waals surface area contributed by atoms with Crippen molar-refractivity contribution in [2.75, 3.05) is 20.1 Å². The highest BCUT2D eigenvalue weighted by atomic mass is 16.3. The van der Waals surface area contributed by atoms with Crippen LogP contribution in [0.25, 0.3) is 0 Å². The lowest BCUT2D eigenvalue weighted by Gasteiger charge is -2.27. The van der Waals surface area contributed by atoms with Crippen LogP contribution in [0.3, 0.4) is 0 Å². The molecule has 1 unspecified atom stereocenters. The Kier molecular flexibility index (Phi) is 4.22. The van der Waals surface area contributed by atoms with Crippen molar-refractivity contribution in [3.8, 4) is 0 Å². The van der Waals surface area contributed by atoms with Gasteiger partial charge in [-0.2, -0.15) is 5.10 Å². The molecule has 6 nitrogen and oxygen atoms in total. The van der Waals surface area contributed by atoms with Crippen molar-refractivity contribution < 1.29 is 14.9 Å². The molecule has 22 heavy (non-hydrogen) atoms. The average molecular weight is 303 g/mol. The second-order valence-corrected chi connectivity index (χ2v) is 6.20. The second kappa shape index (κ2) is 6.14. The van der Waals surface area contributed by atoms with E-state index < -0.39 is 6.10 Å². The Balaban J connectivity index is 1.94. The molecule has 0 amide bonds. The summed E-state index contributed by atoms with van der Waals surface area (Å²) in [5, 5.41) is 14.1. The number of carbonyl (C=O) groups excluding carboxylic acids is 1. The molecule has 0 aromatic carbocycles. The van der Waals surface area contributed by atoms with Gasteiger partial charge in [0.05, 0.1) is 0 Å². The summed E-state index contributed by atoms with van der Waals surface area (Å²) in [6.45, 7) is 1.98. The maximum absolute atomic E-state index is 12.5. The van der Waals surface area contributed by atoms with Crippen molar-refractivity contribution in [3.63, 3.8) is 0 Å². The van der Waals surface area contributed by atoms with Crippen LogP contribution in [0, 0.1) is 0 Å². The summed E-state index contributed by atoms with van der Waals surface area (Å²) in [5.41, 5.74) is 2.31. The number of rotatable bonds is 1. The number of fused-ring (bicyclic) bond motifs is 1. The predicted molar refractivity (Wildman–Crippen MR) is 84.5 cm³/mol. The zero-order chi connectivity index (χ0) is 15.7. The Bertz CT molecular complexity index is 595. The molecular weight excluding hydrogens is 280 g/mol. The number of allylic oxidation sites excluding steroid dienone is 2. The predicted octanol–water partition coefficient (Wildman–Crippen LogP) is -1.49. The third-order valence-electron chi connectivity index (χ3n) is 4.67. The number of hydrazone groups is 1. The van der Waals surface area contributed by atoms with Gasteiger partial charge in [0.1, 0.15) is 6.10 Å². The number of carbonyl (C=O) groups is 1. The van der Waals surface area contributed by atoms with Crippen molar-refractivity contribution >= 4 is 17.2 Å². The molecule has 1 aliphatic heterocycles. The van der Waals surface area contributed by atoms with Gasteiger partial charge in [-0.05, 0) is 25.5 Å². The molecule has 3 rings (SSSR count). The number of hydrogen-bond acceptors (Lipinski definition) is 5. The number of hydrogen-bond donors (Lipinski definition) is 3. The molecule has 1 saturated heterocycles. The molecule has 0 spiro atoms. The molecule has 2 aliphatic carbocycles. The van der Waals surface area contributed by atoms with Gasteiger partial charge in [-0.15, -0.1) is 0 Å². The molecule has 1 atom stereocenters. The number of likely N-dealkylation sites (tertiary alicyclic amines) is 1. The normalized spacial score (nSPS) is 31.2. The van der Waals surface area contributed by atoms with Crippen LogP contribution in [0.1, 0.15) is 25.7 Å². The van der Waals surface area contributed by atoms with Gasteiger partial charge in [0.2, 0.25) is 0 Å². The van der Waals surface area contributed by atoms with Gasteiger partial charge in [0.25, 0.3) is 11.5 Å². The maximum Gasteiger partial charge on any atom is 0.273 e. The first-order valence-electron chi connectivity index (χ1n) is 7.85. The molecule has 118 valence electrons. The van der Waals surface area contributed by atoms with Gasteiger partial charge in [0.15, 0.2) is 11.8 Å². The number of aliphatic hydroxyl groups excluding tert-OH is 1. The molecule has 3 aliphatic rings. The maximum atomic E-state index is 12.5. The lowest BCUT2D eigenvalue weighted by atomic mass is 9.79. The van der Waals surface area contributed by atoms with Gasteiger partial charge in [0, 0.05) is 31.5 Å². The van der Waals surface area contributed by atoms with Crippen LogP contribution in [-0.4, -0.2) is 59.5 Å². The average Bonchev–Trinajstić information content (AvgIpc) is 2.55. The van der Waals surface area contributed by atoms with E-state index in [0.29, 0.717) is 17.0 Å². The van der Waals surface area contributed by atoms with Crippen LogP contribution >= 0.6 is 0 Å². The fourth-order valence-electron chi connectivity index (χ4n) is 3.35. The topological polar surface area (TPSA) is 92.9 Å². The zero-order valence-electron chi connectivity index (χ0n) is 12.9. The van der Waals surface area contributed by atoms with Crippen molar-refractivity contribution in [3.05, 3.63) is 23.3 Å². The highest BCUT2D eigenvalue weighted by molar-refractivity contribution is 6.71. The monoisotopic (exact) mass is 303 g/mol. The van der Waals surface area contributed by atoms with Crippen LogP contribution in [0.5, 0.6) is 0 Å². The number of Topliss-reactive ketones (excluding diaryl/α,β-unsaturated/α-hetero) is 1. The number of piperidine rings is 1. The fourth-order valence-corrected chi connectivity index (χ4v) is 3.35. The quantitative estimate of drug-likeness (QED) is 0.406. The number of nitrogens with two attached hydrogens (primary N) is 1. The molecule has 6 heteroatoms. The largest absolute Gasteiger partial charge is 0.380 e. The van der Waals surface area contributed by atoms with Crippen molar-refractivity contribution in [1.29, 1.82) is 0 Å². The first-order valence-corrected chi connectivity index (χ1v) is 7.85. The number of ketones is 1. The van der Waals surface area contributed by atoms with Gasteiger partial charge in [-0.1, -0.05) is 12.2 Å². The Labute approximate surface area is 130 Å². The molecule has 0 aromatic rings. The van der Waals surface area contributed by atoms with Crippen LogP contribution in [0.4, 0.5) is 0 Å². The van der Waals surface area contributed by atoms with E-state index in [1.54, 1.807) is 0 Å². The molecule has 0 radical (unpaired) electrons. The lowest BCUT2D eigenvalue weighted by Crippen LogP contribution is -2.84. The van der Waals surface area contributed by atoms with E-state index in [-0.39, 0.29) is 11.8 Å². The number of nitrogens with zero attached hydrogens (tertiary/aromatic N) is 2. The first-order chi connectivity index (χ1) is 10.6. The Morgan fingerprint density at radius 2 is 2.00 bits per heavy atom. The summed E-state index contributed by atoms with van der Waals surface area (Å²) in [6.07, 6.45) is 6.44. The highest BCUT2D eigenvalue weighted by Crippen LogP contribution is 2.27. The van der Waals surface area contributed by atoms with E-state index in [2.05, 4.69) is 22.0 Å². The molecular formula is C16H23N4O2+. The minimum absolute atomic E-state index is 0.217. The second-order valence-electron chi connectivity index (χ2n) is 6.20. The fraction of sp³-hybridized carbons (Fsp3) is 0.562.